The number of benzene rings is 1. The standard InChI is InChI=1S/C22H33N3O2/c1-23-22(25-10-8-17(9-11-25)27-13-5-12-26-2)24-15-20-19-14-16-6-3-4-7-18(16)21(19)20/h3-4,6-7,17,19-21H,5,8-15H2,1-2H3,(H,23,24). The van der Waals surface area contributed by atoms with Crippen LogP contribution in [0.4, 0.5) is 0 Å². The molecule has 2 aliphatic carbocycles. The van der Waals surface area contributed by atoms with E-state index < -0.39 is 0 Å². The highest BCUT2D eigenvalue weighted by Crippen LogP contribution is 2.60. The van der Waals surface area contributed by atoms with Gasteiger partial charge in [0.1, 0.15) is 0 Å². The second-order valence-electron chi connectivity index (χ2n) is 8.09. The van der Waals surface area contributed by atoms with Crippen molar-refractivity contribution in [1.82, 2.24) is 10.2 Å². The van der Waals surface area contributed by atoms with Crippen molar-refractivity contribution in [3.63, 3.8) is 0 Å². The number of nitrogens with zero attached hydrogens (tertiary/aromatic N) is 2. The fourth-order valence-electron chi connectivity index (χ4n) is 4.99. The number of fused-ring (bicyclic) bond motifs is 3. The molecule has 27 heavy (non-hydrogen) atoms. The van der Waals surface area contributed by atoms with E-state index in [0.717, 1.165) is 75.8 Å². The molecular weight excluding hydrogens is 338 g/mol. The molecule has 0 amide bonds. The van der Waals surface area contributed by atoms with Crippen molar-refractivity contribution in [1.29, 1.82) is 0 Å². The molecule has 5 nitrogen and oxygen atoms in total. The van der Waals surface area contributed by atoms with Crippen LogP contribution in [0.1, 0.15) is 36.3 Å². The lowest BCUT2D eigenvalue weighted by atomic mass is 10.0. The summed E-state index contributed by atoms with van der Waals surface area (Å²) < 4.78 is 11.1. The Kier molecular flexibility index (Phi) is 5.98. The lowest BCUT2D eigenvalue weighted by molar-refractivity contribution is 0.00990. The molecule has 3 aliphatic rings. The minimum Gasteiger partial charge on any atom is -0.385 e. The molecule has 1 heterocycles. The summed E-state index contributed by atoms with van der Waals surface area (Å²) in [5.41, 5.74) is 3.16. The van der Waals surface area contributed by atoms with E-state index in [1.165, 1.54) is 6.42 Å². The summed E-state index contributed by atoms with van der Waals surface area (Å²) in [5.74, 6) is 3.46. The molecule has 1 aromatic rings. The highest BCUT2D eigenvalue weighted by molar-refractivity contribution is 5.80. The van der Waals surface area contributed by atoms with E-state index in [2.05, 4.69) is 39.5 Å². The van der Waals surface area contributed by atoms with Crippen LogP contribution in [0.2, 0.25) is 0 Å². The molecule has 2 fully saturated rings. The molecule has 0 bridgehead atoms. The number of hydrogen-bond donors (Lipinski definition) is 1. The Balaban J connectivity index is 1.19. The Bertz CT molecular complexity index is 655. The smallest absolute Gasteiger partial charge is 0.193 e. The van der Waals surface area contributed by atoms with Gasteiger partial charge in [0, 0.05) is 47.0 Å². The number of piperidine rings is 1. The number of ether oxygens (including phenoxy) is 2. The second-order valence-corrected chi connectivity index (χ2v) is 8.09. The van der Waals surface area contributed by atoms with Gasteiger partial charge < -0.3 is 19.7 Å². The van der Waals surface area contributed by atoms with Gasteiger partial charge in [0.05, 0.1) is 6.10 Å². The van der Waals surface area contributed by atoms with E-state index in [1.54, 1.807) is 18.2 Å². The van der Waals surface area contributed by atoms with Crippen molar-refractivity contribution in [3.8, 4) is 0 Å². The zero-order valence-corrected chi connectivity index (χ0v) is 16.7. The Hall–Kier alpha value is -1.59. The van der Waals surface area contributed by atoms with E-state index in [1.807, 2.05) is 7.05 Å². The van der Waals surface area contributed by atoms with Crippen LogP contribution in [0.3, 0.4) is 0 Å². The summed E-state index contributed by atoms with van der Waals surface area (Å²) in [5, 5.41) is 3.65. The van der Waals surface area contributed by atoms with Crippen LogP contribution in [-0.4, -0.2) is 64.0 Å². The molecule has 5 heteroatoms. The van der Waals surface area contributed by atoms with Crippen molar-refractivity contribution in [2.75, 3.05) is 47.0 Å². The Morgan fingerprint density at radius 1 is 1.22 bits per heavy atom. The van der Waals surface area contributed by atoms with Crippen LogP contribution in [0.15, 0.2) is 29.3 Å². The summed E-state index contributed by atoms with van der Waals surface area (Å²) in [7, 11) is 3.64. The Labute approximate surface area is 163 Å². The molecule has 0 aromatic heterocycles. The molecule has 4 rings (SSSR count). The third-order valence-corrected chi connectivity index (χ3v) is 6.50. The first-order chi connectivity index (χ1) is 13.3. The van der Waals surface area contributed by atoms with Crippen LogP contribution >= 0.6 is 0 Å². The lowest BCUT2D eigenvalue weighted by Crippen LogP contribution is -2.47. The Morgan fingerprint density at radius 2 is 2.04 bits per heavy atom. The fourth-order valence-corrected chi connectivity index (χ4v) is 4.99. The molecule has 1 saturated heterocycles. The maximum atomic E-state index is 5.97. The van der Waals surface area contributed by atoms with Gasteiger partial charge in [-0.25, -0.2) is 0 Å². The predicted octanol–water partition coefficient (Wildman–Crippen LogP) is 2.67. The molecular formula is C22H33N3O2. The predicted molar refractivity (Wildman–Crippen MR) is 108 cm³/mol. The number of hydrogen-bond acceptors (Lipinski definition) is 3. The van der Waals surface area contributed by atoms with Gasteiger partial charge in [-0.15, -0.1) is 0 Å². The number of likely N-dealkylation sites (tertiary alicyclic amines) is 1. The SMILES string of the molecule is CN=C(NCC1C2Cc3ccccc3C12)N1CCC(OCCCOC)CC1. The van der Waals surface area contributed by atoms with Gasteiger partial charge in [0.2, 0.25) is 0 Å². The molecule has 1 saturated carbocycles. The van der Waals surface area contributed by atoms with Crippen LogP contribution in [-0.2, 0) is 15.9 Å². The summed E-state index contributed by atoms with van der Waals surface area (Å²) in [6, 6.07) is 8.98. The van der Waals surface area contributed by atoms with Gasteiger partial charge in [-0.2, -0.15) is 0 Å². The number of nitrogens with one attached hydrogen (secondary N) is 1. The number of rotatable bonds is 7. The van der Waals surface area contributed by atoms with E-state index in [9.17, 15) is 0 Å². The molecule has 3 unspecified atom stereocenters. The van der Waals surface area contributed by atoms with E-state index in [4.69, 9.17) is 9.47 Å². The van der Waals surface area contributed by atoms with Crippen LogP contribution < -0.4 is 5.32 Å². The first-order valence-electron chi connectivity index (χ1n) is 10.5. The highest BCUT2D eigenvalue weighted by Gasteiger charge is 2.55. The normalized spacial score (nSPS) is 27.4. The largest absolute Gasteiger partial charge is 0.385 e. The quantitative estimate of drug-likeness (QED) is 0.455. The lowest BCUT2D eigenvalue weighted by Gasteiger charge is -2.34. The summed E-state index contributed by atoms with van der Waals surface area (Å²) >= 11 is 0. The van der Waals surface area contributed by atoms with Gasteiger partial charge >= 0.3 is 0 Å². The van der Waals surface area contributed by atoms with E-state index >= 15 is 0 Å². The number of aliphatic imine (C=N–C) groups is 1. The molecule has 3 atom stereocenters. The maximum Gasteiger partial charge on any atom is 0.193 e. The van der Waals surface area contributed by atoms with Gasteiger partial charge in [-0.1, -0.05) is 24.3 Å². The minimum atomic E-state index is 0.385. The summed E-state index contributed by atoms with van der Waals surface area (Å²) in [6.07, 6.45) is 4.78. The molecule has 1 aromatic carbocycles. The first kappa shape index (κ1) is 18.8. The van der Waals surface area contributed by atoms with Gasteiger partial charge in [-0.3, -0.25) is 4.99 Å². The van der Waals surface area contributed by atoms with Crippen molar-refractivity contribution in [2.24, 2.45) is 16.8 Å². The first-order valence-corrected chi connectivity index (χ1v) is 10.5. The van der Waals surface area contributed by atoms with Crippen molar-refractivity contribution in [3.05, 3.63) is 35.4 Å². The maximum absolute atomic E-state index is 5.97. The minimum absolute atomic E-state index is 0.385. The van der Waals surface area contributed by atoms with Crippen molar-refractivity contribution in [2.45, 2.75) is 37.7 Å². The van der Waals surface area contributed by atoms with Crippen molar-refractivity contribution >= 4 is 5.96 Å². The van der Waals surface area contributed by atoms with Gasteiger partial charge in [0.15, 0.2) is 5.96 Å². The number of guanidine groups is 1. The third kappa shape index (κ3) is 4.14. The molecule has 1 aliphatic heterocycles. The van der Waals surface area contributed by atoms with E-state index in [0.29, 0.717) is 6.10 Å². The summed E-state index contributed by atoms with van der Waals surface area (Å²) in [6.45, 7) is 4.67. The van der Waals surface area contributed by atoms with Crippen LogP contribution in [0.5, 0.6) is 0 Å². The fraction of sp³-hybridized carbons (Fsp3) is 0.682. The number of methoxy groups -OCH3 is 1. The highest BCUT2D eigenvalue weighted by atomic mass is 16.5. The molecule has 0 radical (unpaired) electrons. The monoisotopic (exact) mass is 371 g/mol. The second kappa shape index (κ2) is 8.61. The van der Waals surface area contributed by atoms with E-state index in [-0.39, 0.29) is 0 Å². The topological polar surface area (TPSA) is 46.1 Å². The van der Waals surface area contributed by atoms with Crippen molar-refractivity contribution < 1.29 is 9.47 Å². The average Bonchev–Trinajstić information content (AvgIpc) is 3.24. The van der Waals surface area contributed by atoms with Gasteiger partial charge in [-0.05, 0) is 54.6 Å². The molecule has 148 valence electrons. The zero-order valence-electron chi connectivity index (χ0n) is 16.7. The van der Waals surface area contributed by atoms with Crippen LogP contribution in [0, 0.1) is 11.8 Å². The van der Waals surface area contributed by atoms with Gasteiger partial charge in [0.25, 0.3) is 0 Å². The third-order valence-electron chi connectivity index (χ3n) is 6.50. The Morgan fingerprint density at radius 3 is 2.81 bits per heavy atom. The zero-order chi connectivity index (χ0) is 18.6. The average molecular weight is 372 g/mol. The molecule has 1 N–H and O–H groups in total. The summed E-state index contributed by atoms with van der Waals surface area (Å²) in [4.78, 5) is 6.93. The molecule has 0 spiro atoms. The van der Waals surface area contributed by atoms with Crippen LogP contribution in [0.25, 0.3) is 0 Å².